The van der Waals surface area contributed by atoms with E-state index in [1.165, 1.54) is 31.2 Å². The third-order valence-electron chi connectivity index (χ3n) is 5.81. The van der Waals surface area contributed by atoms with Gasteiger partial charge in [0.25, 0.3) is 11.8 Å². The van der Waals surface area contributed by atoms with E-state index in [2.05, 4.69) is 10.2 Å². The Kier molecular flexibility index (Phi) is 6.30. The van der Waals surface area contributed by atoms with E-state index in [0.717, 1.165) is 30.0 Å². The number of aryl methyl sites for hydroxylation is 1. The average molecular weight is 359 g/mol. The van der Waals surface area contributed by atoms with Crippen molar-refractivity contribution in [3.63, 3.8) is 0 Å². The second kappa shape index (κ2) is 8.67. The van der Waals surface area contributed by atoms with Gasteiger partial charge in [0.1, 0.15) is 0 Å². The molecule has 1 aliphatic heterocycles. The molecule has 0 bridgehead atoms. The Bertz CT molecular complexity index is 627. The maximum atomic E-state index is 12.8. The fraction of sp³-hybridized carbons (Fsp3) is 0.619. The third kappa shape index (κ3) is 4.85. The topological polar surface area (TPSA) is 53.9 Å². The maximum Gasteiger partial charge on any atom is 0.279 e. The second-order valence-electron chi connectivity index (χ2n) is 8.07. The standard InChI is InChI=1S/C21H31N3O2/c1-16-9-11-18(12-10-16)22-20(25)14-23(2)15-21(26)24-13-5-7-17-6-3-4-8-19(17)24/h9-12,17,19H,3-8,13-15H2,1-2H3,(H,22,25)/p+1/t17-,19-/m0/s1. The molecule has 1 aromatic carbocycles. The lowest BCUT2D eigenvalue weighted by Gasteiger charge is -2.44. The van der Waals surface area contributed by atoms with Crippen LogP contribution in [0, 0.1) is 12.8 Å². The number of hydrogen-bond acceptors (Lipinski definition) is 2. The molecule has 0 aromatic heterocycles. The minimum atomic E-state index is -0.0478. The number of benzene rings is 1. The summed E-state index contributed by atoms with van der Waals surface area (Å²) < 4.78 is 0. The largest absolute Gasteiger partial charge is 0.335 e. The molecule has 5 nitrogen and oxygen atoms in total. The smallest absolute Gasteiger partial charge is 0.279 e. The highest BCUT2D eigenvalue weighted by molar-refractivity contribution is 5.91. The number of carbonyl (C=O) groups excluding carboxylic acids is 2. The first-order valence-corrected chi connectivity index (χ1v) is 10.00. The van der Waals surface area contributed by atoms with Gasteiger partial charge in [0.2, 0.25) is 0 Å². The molecule has 2 amide bonds. The van der Waals surface area contributed by atoms with Gasteiger partial charge in [-0.05, 0) is 50.7 Å². The number of fused-ring (bicyclic) bond motifs is 1. The molecule has 1 saturated carbocycles. The molecule has 3 atom stereocenters. The summed E-state index contributed by atoms with van der Waals surface area (Å²) >= 11 is 0. The van der Waals surface area contributed by atoms with Crippen molar-refractivity contribution in [3.8, 4) is 0 Å². The van der Waals surface area contributed by atoms with Crippen LogP contribution >= 0.6 is 0 Å². The molecule has 2 aliphatic rings. The number of amides is 2. The van der Waals surface area contributed by atoms with Crippen LogP contribution < -0.4 is 10.2 Å². The molecular formula is C21H32N3O2+. The summed E-state index contributed by atoms with van der Waals surface area (Å²) in [5.74, 6) is 0.863. The van der Waals surface area contributed by atoms with Gasteiger partial charge in [-0.25, -0.2) is 0 Å². The van der Waals surface area contributed by atoms with Crippen LogP contribution in [-0.4, -0.2) is 49.4 Å². The van der Waals surface area contributed by atoms with E-state index in [9.17, 15) is 9.59 Å². The number of likely N-dealkylation sites (N-methyl/N-ethyl adjacent to an activating group) is 1. The van der Waals surface area contributed by atoms with Gasteiger partial charge in [0.05, 0.1) is 7.05 Å². The van der Waals surface area contributed by atoms with Gasteiger partial charge < -0.3 is 15.1 Å². The van der Waals surface area contributed by atoms with Crippen molar-refractivity contribution in [2.45, 2.75) is 51.5 Å². The number of hydrogen-bond donors (Lipinski definition) is 2. The molecule has 5 heteroatoms. The molecule has 1 saturated heterocycles. The Morgan fingerprint density at radius 2 is 1.77 bits per heavy atom. The van der Waals surface area contributed by atoms with Crippen molar-refractivity contribution in [3.05, 3.63) is 29.8 Å². The first kappa shape index (κ1) is 18.9. The number of nitrogens with one attached hydrogen (secondary N) is 2. The van der Waals surface area contributed by atoms with Gasteiger partial charge >= 0.3 is 0 Å². The number of quaternary nitrogens is 1. The summed E-state index contributed by atoms with van der Waals surface area (Å²) in [7, 11) is 1.93. The average Bonchev–Trinajstić information content (AvgIpc) is 2.63. The molecule has 1 aromatic rings. The molecule has 1 heterocycles. The van der Waals surface area contributed by atoms with E-state index in [4.69, 9.17) is 0 Å². The normalized spacial score (nSPS) is 23.8. The molecule has 1 unspecified atom stereocenters. The number of piperidine rings is 1. The van der Waals surface area contributed by atoms with Crippen molar-refractivity contribution in [2.24, 2.45) is 5.92 Å². The van der Waals surface area contributed by atoms with Crippen molar-refractivity contribution in [1.29, 1.82) is 0 Å². The van der Waals surface area contributed by atoms with Gasteiger partial charge in [-0.3, -0.25) is 9.59 Å². The first-order valence-electron chi connectivity index (χ1n) is 10.00. The van der Waals surface area contributed by atoms with E-state index in [-0.39, 0.29) is 11.8 Å². The zero-order valence-corrected chi connectivity index (χ0v) is 16.1. The molecule has 1 aliphatic carbocycles. The predicted octanol–water partition coefficient (Wildman–Crippen LogP) is 1.63. The molecule has 2 fully saturated rings. The van der Waals surface area contributed by atoms with Crippen LogP contribution in [0.5, 0.6) is 0 Å². The van der Waals surface area contributed by atoms with E-state index in [0.29, 0.717) is 25.0 Å². The Morgan fingerprint density at radius 3 is 2.54 bits per heavy atom. The summed E-state index contributed by atoms with van der Waals surface area (Å²) in [4.78, 5) is 28.1. The zero-order valence-electron chi connectivity index (χ0n) is 16.1. The fourth-order valence-corrected chi connectivity index (χ4v) is 4.47. The van der Waals surface area contributed by atoms with Crippen LogP contribution in [0.4, 0.5) is 5.69 Å². The molecule has 142 valence electrons. The zero-order chi connectivity index (χ0) is 18.5. The van der Waals surface area contributed by atoms with Gasteiger partial charge in [0, 0.05) is 18.3 Å². The molecular weight excluding hydrogens is 326 g/mol. The highest BCUT2D eigenvalue weighted by atomic mass is 16.2. The lowest BCUT2D eigenvalue weighted by atomic mass is 9.78. The molecule has 2 N–H and O–H groups in total. The van der Waals surface area contributed by atoms with Gasteiger partial charge in [-0.2, -0.15) is 0 Å². The molecule has 0 radical (unpaired) electrons. The molecule has 3 rings (SSSR count). The minimum Gasteiger partial charge on any atom is -0.335 e. The highest BCUT2D eigenvalue weighted by Crippen LogP contribution is 2.35. The van der Waals surface area contributed by atoms with Crippen molar-refractivity contribution >= 4 is 17.5 Å². The Hall–Kier alpha value is -1.88. The monoisotopic (exact) mass is 358 g/mol. The lowest BCUT2D eigenvalue weighted by molar-refractivity contribution is -0.862. The van der Waals surface area contributed by atoms with E-state index < -0.39 is 0 Å². The van der Waals surface area contributed by atoms with Crippen LogP contribution in [0.3, 0.4) is 0 Å². The Morgan fingerprint density at radius 1 is 1.08 bits per heavy atom. The van der Waals surface area contributed by atoms with Gasteiger partial charge in [0.15, 0.2) is 13.1 Å². The minimum absolute atomic E-state index is 0.0478. The first-order chi connectivity index (χ1) is 12.5. The summed E-state index contributed by atoms with van der Waals surface area (Å²) in [5.41, 5.74) is 1.97. The summed E-state index contributed by atoms with van der Waals surface area (Å²) in [6.07, 6.45) is 7.38. The van der Waals surface area contributed by atoms with E-state index in [1.54, 1.807) is 0 Å². The SMILES string of the molecule is Cc1ccc(NC(=O)C[NH+](C)CC(=O)N2CCC[C@@H]3CCCC[C@@H]32)cc1. The molecule has 26 heavy (non-hydrogen) atoms. The maximum absolute atomic E-state index is 12.8. The highest BCUT2D eigenvalue weighted by Gasteiger charge is 2.36. The lowest BCUT2D eigenvalue weighted by Crippen LogP contribution is -3.11. The third-order valence-corrected chi connectivity index (χ3v) is 5.81. The fourth-order valence-electron chi connectivity index (χ4n) is 4.47. The Labute approximate surface area is 156 Å². The van der Waals surface area contributed by atoms with Crippen LogP contribution in [0.25, 0.3) is 0 Å². The number of carbonyl (C=O) groups is 2. The summed E-state index contributed by atoms with van der Waals surface area (Å²) in [5, 5.41) is 2.91. The van der Waals surface area contributed by atoms with Crippen LogP contribution in [0.15, 0.2) is 24.3 Å². The number of rotatable bonds is 5. The van der Waals surface area contributed by atoms with Crippen LogP contribution in [-0.2, 0) is 9.59 Å². The molecule has 0 spiro atoms. The van der Waals surface area contributed by atoms with Crippen LogP contribution in [0.1, 0.15) is 44.1 Å². The van der Waals surface area contributed by atoms with Crippen molar-refractivity contribution < 1.29 is 14.5 Å². The Balaban J connectivity index is 1.48. The van der Waals surface area contributed by atoms with E-state index in [1.807, 2.05) is 38.2 Å². The van der Waals surface area contributed by atoms with Gasteiger partial charge in [-0.1, -0.05) is 30.5 Å². The summed E-state index contributed by atoms with van der Waals surface area (Å²) in [6, 6.07) is 8.22. The quantitative estimate of drug-likeness (QED) is 0.841. The second-order valence-corrected chi connectivity index (χ2v) is 8.07. The van der Waals surface area contributed by atoms with Crippen molar-refractivity contribution in [1.82, 2.24) is 4.90 Å². The van der Waals surface area contributed by atoms with Gasteiger partial charge in [-0.15, -0.1) is 0 Å². The number of likely N-dealkylation sites (tertiary alicyclic amines) is 1. The summed E-state index contributed by atoms with van der Waals surface area (Å²) in [6.45, 7) is 3.61. The van der Waals surface area contributed by atoms with Crippen molar-refractivity contribution in [2.75, 3.05) is 32.0 Å². The predicted molar refractivity (Wildman–Crippen MR) is 103 cm³/mol. The number of nitrogens with zero attached hydrogens (tertiary/aromatic N) is 1. The van der Waals surface area contributed by atoms with E-state index >= 15 is 0 Å². The number of anilines is 1. The van der Waals surface area contributed by atoms with Crippen LogP contribution in [0.2, 0.25) is 0 Å².